The van der Waals surface area contributed by atoms with Crippen LogP contribution in [0.25, 0.3) is 0 Å². The Kier molecular flexibility index (Phi) is 3.24. The molecule has 3 nitrogen and oxygen atoms in total. The summed E-state index contributed by atoms with van der Waals surface area (Å²) in [5, 5.41) is 7.52. The molecule has 0 aliphatic carbocycles. The van der Waals surface area contributed by atoms with Crippen molar-refractivity contribution < 1.29 is 4.79 Å². The summed E-state index contributed by atoms with van der Waals surface area (Å²) in [7, 11) is 0. The molecular formula is C10H14N2OS. The van der Waals surface area contributed by atoms with Crippen LogP contribution in [0.3, 0.4) is 0 Å². The Balaban J connectivity index is 1.92. The van der Waals surface area contributed by atoms with Gasteiger partial charge in [0.05, 0.1) is 0 Å². The second-order valence-electron chi connectivity index (χ2n) is 3.63. The van der Waals surface area contributed by atoms with Gasteiger partial charge in [0.1, 0.15) is 5.69 Å². The fourth-order valence-corrected chi connectivity index (χ4v) is 3.09. The van der Waals surface area contributed by atoms with Crippen molar-refractivity contribution in [2.24, 2.45) is 0 Å². The number of nitrogens with one attached hydrogen (secondary N) is 1. The topological polar surface area (TPSA) is 45.8 Å². The van der Waals surface area contributed by atoms with Crippen molar-refractivity contribution in [3.8, 4) is 0 Å². The molecule has 1 atom stereocenters. The fraction of sp³-hybridized carbons (Fsp3) is 0.600. The molecule has 0 radical (unpaired) electrons. The third-order valence-corrected chi connectivity index (χ3v) is 3.89. The van der Waals surface area contributed by atoms with Crippen molar-refractivity contribution in [2.75, 3.05) is 5.75 Å². The second-order valence-corrected chi connectivity index (χ2v) is 5.04. The molecule has 0 spiro atoms. The number of thioether (sulfide) groups is 1. The van der Waals surface area contributed by atoms with Gasteiger partial charge in [0, 0.05) is 17.4 Å². The Labute approximate surface area is 87.7 Å². The number of aromatic amines is 1. The maximum absolute atomic E-state index is 10.4. The molecule has 1 unspecified atom stereocenters. The lowest BCUT2D eigenvalue weighted by Gasteiger charge is -2.20. The van der Waals surface area contributed by atoms with Gasteiger partial charge < -0.3 is 0 Å². The molecule has 2 rings (SSSR count). The number of H-pyrrole nitrogens is 1. The van der Waals surface area contributed by atoms with Crippen LogP contribution in [0.5, 0.6) is 0 Å². The maximum Gasteiger partial charge on any atom is 0.170 e. The van der Waals surface area contributed by atoms with Gasteiger partial charge in [0.2, 0.25) is 0 Å². The van der Waals surface area contributed by atoms with Crippen molar-refractivity contribution in [1.29, 1.82) is 0 Å². The van der Waals surface area contributed by atoms with Crippen LogP contribution < -0.4 is 0 Å². The monoisotopic (exact) mass is 210 g/mol. The Hall–Kier alpha value is -0.770. The highest BCUT2D eigenvalue weighted by Crippen LogP contribution is 2.27. The van der Waals surface area contributed by atoms with Crippen LogP contribution >= 0.6 is 11.8 Å². The van der Waals surface area contributed by atoms with Crippen LogP contribution in [0.4, 0.5) is 0 Å². The van der Waals surface area contributed by atoms with Crippen LogP contribution in [0, 0.1) is 0 Å². The fourth-order valence-electron chi connectivity index (χ4n) is 1.76. The molecule has 1 aromatic heterocycles. The minimum Gasteiger partial charge on any atom is -0.296 e. The molecule has 14 heavy (non-hydrogen) atoms. The number of aldehydes is 1. The van der Waals surface area contributed by atoms with E-state index in [4.69, 9.17) is 0 Å². The van der Waals surface area contributed by atoms with Crippen LogP contribution in [-0.2, 0) is 6.42 Å². The van der Waals surface area contributed by atoms with Gasteiger partial charge in [0.25, 0.3) is 0 Å². The summed E-state index contributed by atoms with van der Waals surface area (Å²) in [5.41, 5.74) is 1.60. The third-order valence-electron chi connectivity index (χ3n) is 2.49. The lowest BCUT2D eigenvalue weighted by atomic mass is 10.1. The Morgan fingerprint density at radius 3 is 3.21 bits per heavy atom. The van der Waals surface area contributed by atoms with E-state index in [1.54, 1.807) is 0 Å². The molecule has 2 heterocycles. The smallest absolute Gasteiger partial charge is 0.170 e. The molecule has 1 aliphatic heterocycles. The maximum atomic E-state index is 10.4. The molecule has 1 saturated heterocycles. The predicted molar refractivity (Wildman–Crippen MR) is 57.8 cm³/mol. The SMILES string of the molecule is O=Cc1cc(CC2CCCCS2)[nH]n1. The summed E-state index contributed by atoms with van der Waals surface area (Å²) < 4.78 is 0. The summed E-state index contributed by atoms with van der Waals surface area (Å²) in [5.74, 6) is 1.28. The first-order valence-corrected chi connectivity index (χ1v) is 6.04. The number of carbonyl (C=O) groups is 1. The highest BCUT2D eigenvalue weighted by Gasteiger charge is 2.15. The van der Waals surface area contributed by atoms with Gasteiger partial charge in [-0.3, -0.25) is 9.89 Å². The molecule has 76 valence electrons. The number of hydrogen-bond donors (Lipinski definition) is 1. The average Bonchev–Trinajstić information content (AvgIpc) is 2.67. The first kappa shape index (κ1) is 9.77. The Bertz CT molecular complexity index is 305. The van der Waals surface area contributed by atoms with Crippen molar-refractivity contribution in [2.45, 2.75) is 30.9 Å². The molecule has 1 aliphatic rings. The van der Waals surface area contributed by atoms with E-state index in [9.17, 15) is 4.79 Å². The van der Waals surface area contributed by atoms with Crippen molar-refractivity contribution in [1.82, 2.24) is 10.2 Å². The van der Waals surface area contributed by atoms with Gasteiger partial charge in [-0.1, -0.05) is 6.42 Å². The quantitative estimate of drug-likeness (QED) is 0.777. The van der Waals surface area contributed by atoms with Gasteiger partial charge in [0.15, 0.2) is 6.29 Å². The van der Waals surface area contributed by atoms with Crippen LogP contribution in [0.1, 0.15) is 35.4 Å². The zero-order valence-electron chi connectivity index (χ0n) is 8.03. The number of aromatic nitrogens is 2. The molecule has 0 bridgehead atoms. The lowest BCUT2D eigenvalue weighted by Crippen LogP contribution is -2.12. The standard InChI is InChI=1S/C10H14N2OS/c13-7-9-5-8(11-12-9)6-10-3-1-2-4-14-10/h5,7,10H,1-4,6H2,(H,11,12). The number of rotatable bonds is 3. The molecule has 1 aromatic rings. The number of hydrogen-bond acceptors (Lipinski definition) is 3. The van der Waals surface area contributed by atoms with E-state index in [0.29, 0.717) is 10.9 Å². The van der Waals surface area contributed by atoms with Crippen molar-refractivity contribution in [3.63, 3.8) is 0 Å². The van der Waals surface area contributed by atoms with Crippen LogP contribution in [0.15, 0.2) is 6.07 Å². The Morgan fingerprint density at radius 1 is 1.64 bits per heavy atom. The molecular weight excluding hydrogens is 196 g/mol. The van der Waals surface area contributed by atoms with Crippen molar-refractivity contribution in [3.05, 3.63) is 17.5 Å². The Morgan fingerprint density at radius 2 is 2.57 bits per heavy atom. The van der Waals surface area contributed by atoms with Crippen LogP contribution in [-0.4, -0.2) is 27.5 Å². The van der Waals surface area contributed by atoms with E-state index >= 15 is 0 Å². The molecule has 0 saturated carbocycles. The third kappa shape index (κ3) is 2.38. The highest BCUT2D eigenvalue weighted by molar-refractivity contribution is 7.99. The lowest BCUT2D eigenvalue weighted by molar-refractivity contribution is 0.111. The van der Waals surface area contributed by atoms with E-state index in [2.05, 4.69) is 10.2 Å². The summed E-state index contributed by atoms with van der Waals surface area (Å²) in [6, 6.07) is 1.85. The minimum atomic E-state index is 0.515. The van der Waals surface area contributed by atoms with Gasteiger partial charge in [-0.2, -0.15) is 16.9 Å². The van der Waals surface area contributed by atoms with Gasteiger partial charge in [-0.15, -0.1) is 0 Å². The van der Waals surface area contributed by atoms with E-state index in [1.165, 1.54) is 25.0 Å². The molecule has 1 N–H and O–H groups in total. The highest BCUT2D eigenvalue weighted by atomic mass is 32.2. The summed E-state index contributed by atoms with van der Waals surface area (Å²) in [6.07, 6.45) is 5.79. The van der Waals surface area contributed by atoms with E-state index in [-0.39, 0.29) is 0 Å². The second kappa shape index (κ2) is 4.64. The zero-order valence-corrected chi connectivity index (χ0v) is 8.85. The van der Waals surface area contributed by atoms with Gasteiger partial charge in [-0.25, -0.2) is 0 Å². The van der Waals surface area contributed by atoms with Crippen LogP contribution in [0.2, 0.25) is 0 Å². The summed E-state index contributed by atoms with van der Waals surface area (Å²) >= 11 is 2.04. The normalized spacial score (nSPS) is 22.1. The molecule has 0 aromatic carbocycles. The van der Waals surface area contributed by atoms with E-state index in [1.807, 2.05) is 17.8 Å². The first-order valence-electron chi connectivity index (χ1n) is 4.99. The van der Waals surface area contributed by atoms with Gasteiger partial charge in [-0.05, 0) is 24.7 Å². The van der Waals surface area contributed by atoms with Crippen molar-refractivity contribution >= 4 is 18.0 Å². The number of carbonyl (C=O) groups excluding carboxylic acids is 1. The molecule has 1 fully saturated rings. The summed E-state index contributed by atoms with van der Waals surface area (Å²) in [6.45, 7) is 0. The van der Waals surface area contributed by atoms with Gasteiger partial charge >= 0.3 is 0 Å². The average molecular weight is 210 g/mol. The zero-order chi connectivity index (χ0) is 9.80. The summed E-state index contributed by atoms with van der Waals surface area (Å²) in [4.78, 5) is 10.4. The first-order chi connectivity index (χ1) is 6.88. The number of nitrogens with zero attached hydrogens (tertiary/aromatic N) is 1. The van der Waals surface area contributed by atoms with E-state index < -0.39 is 0 Å². The molecule has 4 heteroatoms. The minimum absolute atomic E-state index is 0.515. The largest absolute Gasteiger partial charge is 0.296 e. The predicted octanol–water partition coefficient (Wildman–Crippen LogP) is 2.05. The molecule has 0 amide bonds. The van der Waals surface area contributed by atoms with E-state index in [0.717, 1.165) is 18.4 Å².